The molecule has 0 aliphatic heterocycles. The predicted octanol–water partition coefficient (Wildman–Crippen LogP) is 2.69. The Morgan fingerprint density at radius 2 is 2.06 bits per heavy atom. The first-order valence-corrected chi connectivity index (χ1v) is 6.59. The smallest absolute Gasteiger partial charge is 0.137 e. The number of aromatic nitrogens is 1. The SMILES string of the molecule is CCCOc1cncc(C(N)C(CCC)OC)c1. The molecule has 1 aromatic heterocycles. The minimum Gasteiger partial charge on any atom is -0.492 e. The minimum atomic E-state index is -0.160. The van der Waals surface area contributed by atoms with Crippen molar-refractivity contribution in [1.82, 2.24) is 4.98 Å². The minimum absolute atomic E-state index is 0.0261. The Kier molecular flexibility index (Phi) is 6.68. The third kappa shape index (κ3) is 4.27. The van der Waals surface area contributed by atoms with Crippen LogP contribution >= 0.6 is 0 Å². The normalized spacial score (nSPS) is 14.2. The zero-order valence-electron chi connectivity index (χ0n) is 11.6. The van der Waals surface area contributed by atoms with Gasteiger partial charge >= 0.3 is 0 Å². The molecule has 0 aromatic carbocycles. The molecule has 2 unspecified atom stereocenters. The molecule has 102 valence electrons. The zero-order valence-corrected chi connectivity index (χ0v) is 11.6. The van der Waals surface area contributed by atoms with Gasteiger partial charge in [0.15, 0.2) is 0 Å². The number of hydrogen-bond donors (Lipinski definition) is 1. The van der Waals surface area contributed by atoms with Gasteiger partial charge in [-0.25, -0.2) is 0 Å². The summed E-state index contributed by atoms with van der Waals surface area (Å²) in [5, 5.41) is 0. The van der Waals surface area contributed by atoms with E-state index in [0.717, 1.165) is 30.6 Å². The van der Waals surface area contributed by atoms with E-state index in [1.807, 2.05) is 6.07 Å². The first-order valence-electron chi connectivity index (χ1n) is 6.59. The van der Waals surface area contributed by atoms with Crippen molar-refractivity contribution in [2.24, 2.45) is 5.73 Å². The number of pyridine rings is 1. The van der Waals surface area contributed by atoms with E-state index < -0.39 is 0 Å². The maximum atomic E-state index is 6.21. The van der Waals surface area contributed by atoms with Gasteiger partial charge in [0.05, 0.1) is 24.9 Å². The van der Waals surface area contributed by atoms with E-state index in [4.69, 9.17) is 15.2 Å². The van der Waals surface area contributed by atoms with Crippen LogP contribution in [-0.4, -0.2) is 24.8 Å². The van der Waals surface area contributed by atoms with E-state index in [1.54, 1.807) is 19.5 Å². The monoisotopic (exact) mass is 252 g/mol. The average Bonchev–Trinajstić information content (AvgIpc) is 2.42. The summed E-state index contributed by atoms with van der Waals surface area (Å²) < 4.78 is 11.0. The molecule has 0 saturated carbocycles. The van der Waals surface area contributed by atoms with Crippen LogP contribution < -0.4 is 10.5 Å². The highest BCUT2D eigenvalue weighted by molar-refractivity contribution is 5.26. The third-order valence-corrected chi connectivity index (χ3v) is 2.87. The van der Waals surface area contributed by atoms with Crippen LogP contribution in [0.4, 0.5) is 0 Å². The number of methoxy groups -OCH3 is 1. The van der Waals surface area contributed by atoms with Crippen molar-refractivity contribution in [3.63, 3.8) is 0 Å². The molecule has 0 radical (unpaired) electrons. The molecule has 4 heteroatoms. The third-order valence-electron chi connectivity index (χ3n) is 2.87. The van der Waals surface area contributed by atoms with Crippen LogP contribution in [0.5, 0.6) is 5.75 Å². The van der Waals surface area contributed by atoms with Crippen molar-refractivity contribution < 1.29 is 9.47 Å². The molecule has 0 bridgehead atoms. The topological polar surface area (TPSA) is 57.4 Å². The number of ether oxygens (including phenoxy) is 2. The van der Waals surface area contributed by atoms with E-state index in [9.17, 15) is 0 Å². The van der Waals surface area contributed by atoms with Crippen molar-refractivity contribution in [3.05, 3.63) is 24.0 Å². The number of nitrogens with zero attached hydrogens (tertiary/aromatic N) is 1. The van der Waals surface area contributed by atoms with Crippen LogP contribution in [0.2, 0.25) is 0 Å². The van der Waals surface area contributed by atoms with Gasteiger partial charge in [0, 0.05) is 13.3 Å². The molecule has 0 spiro atoms. The summed E-state index contributed by atoms with van der Waals surface area (Å²) in [5.41, 5.74) is 7.17. The van der Waals surface area contributed by atoms with Gasteiger partial charge in [0.2, 0.25) is 0 Å². The maximum Gasteiger partial charge on any atom is 0.137 e. The van der Waals surface area contributed by atoms with E-state index in [0.29, 0.717) is 6.61 Å². The van der Waals surface area contributed by atoms with Crippen molar-refractivity contribution in [1.29, 1.82) is 0 Å². The van der Waals surface area contributed by atoms with Crippen molar-refractivity contribution in [3.8, 4) is 5.75 Å². The van der Waals surface area contributed by atoms with Crippen LogP contribution in [0.25, 0.3) is 0 Å². The highest BCUT2D eigenvalue weighted by Gasteiger charge is 2.19. The molecule has 0 fully saturated rings. The lowest BCUT2D eigenvalue weighted by molar-refractivity contribution is 0.0723. The first-order chi connectivity index (χ1) is 8.72. The van der Waals surface area contributed by atoms with Crippen molar-refractivity contribution >= 4 is 0 Å². The molecule has 1 heterocycles. The maximum absolute atomic E-state index is 6.21. The Balaban J connectivity index is 2.74. The van der Waals surface area contributed by atoms with E-state index in [2.05, 4.69) is 18.8 Å². The lowest BCUT2D eigenvalue weighted by Crippen LogP contribution is -2.28. The van der Waals surface area contributed by atoms with Gasteiger partial charge in [-0.2, -0.15) is 0 Å². The summed E-state index contributed by atoms with van der Waals surface area (Å²) in [6, 6.07) is 1.79. The molecular weight excluding hydrogens is 228 g/mol. The number of hydrogen-bond acceptors (Lipinski definition) is 4. The van der Waals surface area contributed by atoms with Gasteiger partial charge in [-0.3, -0.25) is 4.98 Å². The van der Waals surface area contributed by atoms with Gasteiger partial charge < -0.3 is 15.2 Å². The lowest BCUT2D eigenvalue weighted by atomic mass is 10.0. The van der Waals surface area contributed by atoms with Gasteiger partial charge in [0.25, 0.3) is 0 Å². The van der Waals surface area contributed by atoms with Crippen LogP contribution in [0.1, 0.15) is 44.7 Å². The molecule has 1 aromatic rings. The average molecular weight is 252 g/mol. The van der Waals surface area contributed by atoms with Crippen LogP contribution in [0.3, 0.4) is 0 Å². The molecule has 2 atom stereocenters. The van der Waals surface area contributed by atoms with Crippen LogP contribution in [0.15, 0.2) is 18.5 Å². The fourth-order valence-electron chi connectivity index (χ4n) is 1.86. The van der Waals surface area contributed by atoms with Crippen molar-refractivity contribution in [2.75, 3.05) is 13.7 Å². The predicted molar refractivity (Wildman–Crippen MR) is 72.7 cm³/mol. The van der Waals surface area contributed by atoms with E-state index >= 15 is 0 Å². The van der Waals surface area contributed by atoms with Crippen LogP contribution in [0, 0.1) is 0 Å². The fourth-order valence-corrected chi connectivity index (χ4v) is 1.86. The second-order valence-electron chi connectivity index (χ2n) is 4.39. The van der Waals surface area contributed by atoms with E-state index in [-0.39, 0.29) is 12.1 Å². The molecule has 4 nitrogen and oxygen atoms in total. The van der Waals surface area contributed by atoms with Gasteiger partial charge in [-0.05, 0) is 24.5 Å². The Bertz CT molecular complexity index is 344. The zero-order chi connectivity index (χ0) is 13.4. The fraction of sp³-hybridized carbons (Fsp3) is 0.643. The molecule has 0 amide bonds. The summed E-state index contributed by atoms with van der Waals surface area (Å²) in [6.07, 6.45) is 6.49. The van der Waals surface area contributed by atoms with Crippen molar-refractivity contribution in [2.45, 2.75) is 45.3 Å². The molecular formula is C14H24N2O2. The highest BCUT2D eigenvalue weighted by atomic mass is 16.5. The molecule has 2 N–H and O–H groups in total. The Hall–Kier alpha value is -1.13. The largest absolute Gasteiger partial charge is 0.492 e. The number of nitrogens with two attached hydrogens (primary N) is 1. The molecule has 0 aliphatic carbocycles. The molecule has 0 aliphatic rings. The Morgan fingerprint density at radius 3 is 2.67 bits per heavy atom. The quantitative estimate of drug-likeness (QED) is 0.773. The van der Waals surface area contributed by atoms with Gasteiger partial charge in [0.1, 0.15) is 5.75 Å². The summed E-state index contributed by atoms with van der Waals surface area (Å²) in [6.45, 7) is 4.89. The summed E-state index contributed by atoms with van der Waals surface area (Å²) >= 11 is 0. The lowest BCUT2D eigenvalue weighted by Gasteiger charge is -2.22. The summed E-state index contributed by atoms with van der Waals surface area (Å²) in [7, 11) is 1.70. The second kappa shape index (κ2) is 8.06. The van der Waals surface area contributed by atoms with Gasteiger partial charge in [-0.1, -0.05) is 20.3 Å². The molecule has 18 heavy (non-hydrogen) atoms. The summed E-state index contributed by atoms with van der Waals surface area (Å²) in [5.74, 6) is 0.774. The standard InChI is InChI=1S/C14H24N2O2/c1-4-6-13(17-3)14(15)11-8-12(10-16-9-11)18-7-5-2/h8-10,13-14H,4-7,15H2,1-3H3. The molecule has 1 rings (SSSR count). The summed E-state index contributed by atoms with van der Waals surface area (Å²) in [4.78, 5) is 4.17. The van der Waals surface area contributed by atoms with Gasteiger partial charge in [-0.15, -0.1) is 0 Å². The highest BCUT2D eigenvalue weighted by Crippen LogP contribution is 2.22. The van der Waals surface area contributed by atoms with E-state index in [1.165, 1.54) is 0 Å². The van der Waals surface area contributed by atoms with Crippen LogP contribution in [-0.2, 0) is 4.74 Å². The second-order valence-corrected chi connectivity index (χ2v) is 4.39. The number of rotatable bonds is 8. The Morgan fingerprint density at radius 1 is 1.28 bits per heavy atom. The molecule has 0 saturated heterocycles. The Labute approximate surface area is 110 Å². The first kappa shape index (κ1) is 14.9.